The Bertz CT molecular complexity index is 646. The van der Waals surface area contributed by atoms with Crippen LogP contribution >= 0.6 is 0 Å². The van der Waals surface area contributed by atoms with E-state index in [0.29, 0.717) is 11.1 Å². The standard InChI is InChI=1S/C12H8N2O3/c15-9-5-6-14(13-9)10-11(16)7-3-1-2-4-8(7)12(10)17/h1-6,10H,(H,13,15). The number of rotatable bonds is 1. The molecule has 0 unspecified atom stereocenters. The molecule has 3 rings (SSSR count). The first-order chi connectivity index (χ1) is 8.18. The molecular weight excluding hydrogens is 220 g/mol. The maximum atomic E-state index is 12.1. The summed E-state index contributed by atoms with van der Waals surface area (Å²) < 4.78 is 1.26. The van der Waals surface area contributed by atoms with Gasteiger partial charge in [-0.25, -0.2) is 0 Å². The summed E-state index contributed by atoms with van der Waals surface area (Å²) >= 11 is 0. The average molecular weight is 228 g/mol. The summed E-state index contributed by atoms with van der Waals surface area (Å²) in [5, 5.41) is 2.43. The van der Waals surface area contributed by atoms with Crippen LogP contribution in [0.1, 0.15) is 26.8 Å². The van der Waals surface area contributed by atoms with Gasteiger partial charge in [-0.1, -0.05) is 24.3 Å². The van der Waals surface area contributed by atoms with Crippen LogP contribution in [0.25, 0.3) is 0 Å². The molecule has 1 N–H and O–H groups in total. The van der Waals surface area contributed by atoms with E-state index in [2.05, 4.69) is 5.10 Å². The van der Waals surface area contributed by atoms with Gasteiger partial charge in [-0.2, -0.15) is 0 Å². The third-order valence-electron chi connectivity index (χ3n) is 2.86. The quantitative estimate of drug-likeness (QED) is 0.733. The highest BCUT2D eigenvalue weighted by molar-refractivity contribution is 6.27. The average Bonchev–Trinajstić information content (AvgIpc) is 2.84. The number of nitrogens with zero attached hydrogens (tertiary/aromatic N) is 1. The predicted octanol–water partition coefficient (Wildman–Crippen LogP) is 0.797. The number of Topliss-reactive ketones (excluding diaryl/α,β-unsaturated/α-hetero) is 2. The molecule has 1 aliphatic rings. The summed E-state index contributed by atoms with van der Waals surface area (Å²) in [5.41, 5.74) is 0.496. The summed E-state index contributed by atoms with van der Waals surface area (Å²) in [7, 11) is 0. The van der Waals surface area contributed by atoms with E-state index in [9.17, 15) is 14.4 Å². The van der Waals surface area contributed by atoms with Gasteiger partial charge in [-0.3, -0.25) is 24.2 Å². The van der Waals surface area contributed by atoms with Gasteiger partial charge in [-0.15, -0.1) is 0 Å². The molecule has 17 heavy (non-hydrogen) atoms. The first-order valence-corrected chi connectivity index (χ1v) is 5.13. The number of carbonyl (C=O) groups is 2. The SMILES string of the molecule is O=C1c2ccccc2C(=O)C1n1ccc(=O)[nH]1. The summed E-state index contributed by atoms with van der Waals surface area (Å²) in [6.07, 6.45) is 1.41. The highest BCUT2D eigenvalue weighted by Gasteiger charge is 2.39. The number of H-pyrrole nitrogens is 1. The smallest absolute Gasteiger partial charge is 0.264 e. The van der Waals surface area contributed by atoms with E-state index in [0.717, 1.165) is 0 Å². The van der Waals surface area contributed by atoms with Crippen molar-refractivity contribution >= 4 is 11.6 Å². The van der Waals surface area contributed by atoms with E-state index in [-0.39, 0.29) is 17.1 Å². The molecule has 2 aromatic rings. The maximum absolute atomic E-state index is 12.1. The van der Waals surface area contributed by atoms with Crippen molar-refractivity contribution < 1.29 is 9.59 Å². The topological polar surface area (TPSA) is 71.9 Å². The second-order valence-corrected chi connectivity index (χ2v) is 3.88. The molecule has 1 aliphatic carbocycles. The van der Waals surface area contributed by atoms with Crippen LogP contribution in [0.4, 0.5) is 0 Å². The first kappa shape index (κ1) is 9.77. The Morgan fingerprint density at radius 3 is 2.00 bits per heavy atom. The minimum Gasteiger partial charge on any atom is -0.291 e. The molecule has 1 aromatic heterocycles. The summed E-state index contributed by atoms with van der Waals surface area (Å²) in [5.74, 6) is -0.560. The molecule has 0 aliphatic heterocycles. The Labute approximate surface area is 95.7 Å². The van der Waals surface area contributed by atoms with Crippen molar-refractivity contribution in [2.45, 2.75) is 6.04 Å². The Hall–Kier alpha value is -2.43. The molecule has 84 valence electrons. The van der Waals surface area contributed by atoms with Crippen molar-refractivity contribution in [3.63, 3.8) is 0 Å². The molecule has 0 fully saturated rings. The normalized spacial score (nSPS) is 15.3. The lowest BCUT2D eigenvalue weighted by atomic mass is 10.1. The third kappa shape index (κ3) is 1.29. The van der Waals surface area contributed by atoms with Crippen LogP contribution in [-0.2, 0) is 0 Å². The van der Waals surface area contributed by atoms with Gasteiger partial charge in [0.2, 0.25) is 0 Å². The van der Waals surface area contributed by atoms with E-state index in [1.807, 2.05) is 0 Å². The van der Waals surface area contributed by atoms with Crippen molar-refractivity contribution in [2.75, 3.05) is 0 Å². The van der Waals surface area contributed by atoms with Crippen molar-refractivity contribution in [3.8, 4) is 0 Å². The van der Waals surface area contributed by atoms with E-state index in [1.165, 1.54) is 16.9 Å². The molecule has 0 radical (unpaired) electrons. The number of fused-ring (bicyclic) bond motifs is 1. The third-order valence-corrected chi connectivity index (χ3v) is 2.86. The highest BCUT2D eigenvalue weighted by atomic mass is 16.2. The van der Waals surface area contributed by atoms with Crippen LogP contribution in [0, 0.1) is 0 Å². The molecule has 1 heterocycles. The molecule has 5 nitrogen and oxygen atoms in total. The van der Waals surface area contributed by atoms with Crippen LogP contribution in [0.2, 0.25) is 0 Å². The van der Waals surface area contributed by atoms with Gasteiger partial charge < -0.3 is 0 Å². The maximum Gasteiger partial charge on any atom is 0.264 e. The van der Waals surface area contributed by atoms with Crippen LogP contribution in [0.3, 0.4) is 0 Å². The molecule has 0 spiro atoms. The van der Waals surface area contributed by atoms with E-state index in [4.69, 9.17) is 0 Å². The molecule has 0 bridgehead atoms. The Morgan fingerprint density at radius 2 is 1.53 bits per heavy atom. The van der Waals surface area contributed by atoms with E-state index in [1.54, 1.807) is 24.3 Å². The zero-order valence-corrected chi connectivity index (χ0v) is 8.71. The molecule has 0 saturated carbocycles. The summed E-state index contributed by atoms with van der Waals surface area (Å²) in [4.78, 5) is 35.1. The lowest BCUT2D eigenvalue weighted by Crippen LogP contribution is -2.22. The predicted molar refractivity (Wildman–Crippen MR) is 59.2 cm³/mol. The number of nitrogens with one attached hydrogen (secondary N) is 1. The number of carbonyl (C=O) groups excluding carboxylic acids is 2. The first-order valence-electron chi connectivity index (χ1n) is 5.13. The van der Waals surface area contributed by atoms with E-state index >= 15 is 0 Å². The van der Waals surface area contributed by atoms with Gasteiger partial charge >= 0.3 is 0 Å². The minimum atomic E-state index is -0.963. The zero-order chi connectivity index (χ0) is 12.0. The van der Waals surface area contributed by atoms with Gasteiger partial charge in [0.25, 0.3) is 5.56 Å². The number of aromatic amines is 1. The monoisotopic (exact) mass is 228 g/mol. The fourth-order valence-electron chi connectivity index (χ4n) is 2.08. The lowest BCUT2D eigenvalue weighted by molar-refractivity contribution is 0.0837. The van der Waals surface area contributed by atoms with Gasteiger partial charge in [0, 0.05) is 23.4 Å². The fraction of sp³-hybridized carbons (Fsp3) is 0.0833. The van der Waals surface area contributed by atoms with Crippen molar-refractivity contribution in [1.82, 2.24) is 9.78 Å². The largest absolute Gasteiger partial charge is 0.291 e. The van der Waals surface area contributed by atoms with Crippen LogP contribution < -0.4 is 5.56 Å². The van der Waals surface area contributed by atoms with Crippen molar-refractivity contribution in [2.24, 2.45) is 0 Å². The number of hydrogen-bond donors (Lipinski definition) is 1. The Balaban J connectivity index is 2.15. The second kappa shape index (κ2) is 3.28. The molecule has 1 aromatic carbocycles. The summed E-state index contributed by atoms with van der Waals surface area (Å²) in [6.45, 7) is 0. The molecule has 0 amide bonds. The second-order valence-electron chi connectivity index (χ2n) is 3.88. The highest BCUT2D eigenvalue weighted by Crippen LogP contribution is 2.29. The number of aromatic nitrogens is 2. The Kier molecular flexibility index (Phi) is 1.89. The van der Waals surface area contributed by atoms with Gasteiger partial charge in [0.05, 0.1) is 0 Å². The number of benzene rings is 1. The minimum absolute atomic E-state index is 0.280. The fourth-order valence-corrected chi connectivity index (χ4v) is 2.08. The number of hydrogen-bond acceptors (Lipinski definition) is 3. The molecular formula is C12H8N2O3. The van der Waals surface area contributed by atoms with Crippen molar-refractivity contribution in [3.05, 3.63) is 58.0 Å². The van der Waals surface area contributed by atoms with Gasteiger partial charge in [-0.05, 0) is 0 Å². The molecule has 0 saturated heterocycles. The number of ketones is 2. The van der Waals surface area contributed by atoms with Crippen molar-refractivity contribution in [1.29, 1.82) is 0 Å². The van der Waals surface area contributed by atoms with E-state index < -0.39 is 6.04 Å². The lowest BCUT2D eigenvalue weighted by Gasteiger charge is -2.07. The van der Waals surface area contributed by atoms with Crippen LogP contribution in [-0.4, -0.2) is 21.3 Å². The molecule has 5 heteroatoms. The van der Waals surface area contributed by atoms with Gasteiger partial charge in [0.15, 0.2) is 17.6 Å². The van der Waals surface area contributed by atoms with Crippen LogP contribution in [0.5, 0.6) is 0 Å². The molecule has 0 atom stereocenters. The van der Waals surface area contributed by atoms with Crippen LogP contribution in [0.15, 0.2) is 41.3 Å². The Morgan fingerprint density at radius 1 is 0.941 bits per heavy atom. The van der Waals surface area contributed by atoms with Gasteiger partial charge in [0.1, 0.15) is 0 Å². The zero-order valence-electron chi connectivity index (χ0n) is 8.71. The summed E-state index contributed by atoms with van der Waals surface area (Å²) in [6, 6.07) is 6.99.